The largest absolute Gasteiger partial charge is 0.489 e. The van der Waals surface area contributed by atoms with Gasteiger partial charge in [-0.25, -0.2) is 0 Å². The number of amides is 1. The standard InChI is InChI=1S/C23H19F3INO3/c1-2-30-21-19(27)11-16(12-20(21)31-14-15-7-4-3-5-8-15)22(29)28-18-10-6-9-17(13-18)23(24,25)26/h3-13H,2,14H2,1H3,(H,28,29). The van der Waals surface area contributed by atoms with Crippen LogP contribution in [0.15, 0.2) is 66.7 Å². The van der Waals surface area contributed by atoms with Gasteiger partial charge < -0.3 is 14.8 Å². The molecule has 8 heteroatoms. The molecular formula is C23H19F3INO3. The summed E-state index contributed by atoms with van der Waals surface area (Å²) in [5.41, 5.74) is 0.404. The molecule has 0 fully saturated rings. The van der Waals surface area contributed by atoms with E-state index in [-0.39, 0.29) is 17.9 Å². The van der Waals surface area contributed by atoms with Gasteiger partial charge in [0.05, 0.1) is 15.7 Å². The molecule has 0 bridgehead atoms. The zero-order chi connectivity index (χ0) is 22.4. The van der Waals surface area contributed by atoms with Crippen LogP contribution in [0.4, 0.5) is 18.9 Å². The molecule has 1 amide bonds. The monoisotopic (exact) mass is 541 g/mol. The molecule has 0 aliphatic rings. The third-order valence-corrected chi connectivity index (χ3v) is 5.05. The molecule has 0 spiro atoms. The van der Waals surface area contributed by atoms with E-state index in [9.17, 15) is 18.0 Å². The van der Waals surface area contributed by atoms with Crippen LogP contribution in [0.2, 0.25) is 0 Å². The minimum Gasteiger partial charge on any atom is -0.489 e. The van der Waals surface area contributed by atoms with E-state index in [1.165, 1.54) is 18.2 Å². The maximum Gasteiger partial charge on any atom is 0.416 e. The quantitative estimate of drug-likeness (QED) is 0.346. The fourth-order valence-corrected chi connectivity index (χ4v) is 3.56. The van der Waals surface area contributed by atoms with E-state index in [0.29, 0.717) is 21.7 Å². The molecule has 3 aromatic rings. The highest BCUT2D eigenvalue weighted by Gasteiger charge is 2.30. The second-order valence-electron chi connectivity index (χ2n) is 6.53. The number of carbonyl (C=O) groups excluding carboxylic acids is 1. The van der Waals surface area contributed by atoms with Crippen LogP contribution in [0.1, 0.15) is 28.4 Å². The van der Waals surface area contributed by atoms with Crippen LogP contribution in [0.25, 0.3) is 0 Å². The summed E-state index contributed by atoms with van der Waals surface area (Å²) in [6.07, 6.45) is -4.49. The second-order valence-corrected chi connectivity index (χ2v) is 7.69. The number of alkyl halides is 3. The first-order chi connectivity index (χ1) is 14.8. The maximum absolute atomic E-state index is 12.9. The van der Waals surface area contributed by atoms with Crippen LogP contribution >= 0.6 is 22.6 Å². The minimum atomic E-state index is -4.49. The van der Waals surface area contributed by atoms with Gasteiger partial charge in [-0.05, 0) is 65.4 Å². The van der Waals surface area contributed by atoms with Gasteiger partial charge >= 0.3 is 6.18 Å². The Morgan fingerprint density at radius 2 is 1.74 bits per heavy atom. The third kappa shape index (κ3) is 6.13. The molecule has 0 aliphatic heterocycles. The normalized spacial score (nSPS) is 11.1. The third-order valence-electron chi connectivity index (χ3n) is 4.25. The van der Waals surface area contributed by atoms with Crippen molar-refractivity contribution in [3.05, 3.63) is 87.0 Å². The number of hydrogen-bond donors (Lipinski definition) is 1. The first kappa shape index (κ1) is 22.9. The molecule has 4 nitrogen and oxygen atoms in total. The lowest BCUT2D eigenvalue weighted by Gasteiger charge is -2.16. The summed E-state index contributed by atoms with van der Waals surface area (Å²) in [5, 5.41) is 2.51. The molecule has 0 radical (unpaired) electrons. The van der Waals surface area contributed by atoms with Crippen molar-refractivity contribution in [3.8, 4) is 11.5 Å². The Bertz CT molecular complexity index is 1060. The Morgan fingerprint density at radius 3 is 2.42 bits per heavy atom. The number of benzene rings is 3. The van der Waals surface area contributed by atoms with Gasteiger partial charge in [0.2, 0.25) is 0 Å². The Labute approximate surface area is 191 Å². The molecule has 0 aliphatic carbocycles. The summed E-state index contributed by atoms with van der Waals surface area (Å²) in [7, 11) is 0. The van der Waals surface area contributed by atoms with E-state index >= 15 is 0 Å². The number of ether oxygens (including phenoxy) is 2. The molecule has 0 atom stereocenters. The van der Waals surface area contributed by atoms with Gasteiger partial charge in [0.1, 0.15) is 6.61 Å². The Hall–Kier alpha value is -2.75. The fraction of sp³-hybridized carbons (Fsp3) is 0.174. The van der Waals surface area contributed by atoms with E-state index in [1.807, 2.05) is 59.8 Å². The van der Waals surface area contributed by atoms with Crippen molar-refractivity contribution in [1.29, 1.82) is 0 Å². The topological polar surface area (TPSA) is 47.6 Å². The van der Waals surface area contributed by atoms with Crippen molar-refractivity contribution in [2.24, 2.45) is 0 Å². The van der Waals surface area contributed by atoms with Crippen LogP contribution in [-0.4, -0.2) is 12.5 Å². The lowest BCUT2D eigenvalue weighted by Crippen LogP contribution is -2.14. The van der Waals surface area contributed by atoms with Gasteiger partial charge in [-0.3, -0.25) is 4.79 Å². The summed E-state index contributed by atoms with van der Waals surface area (Å²) in [6, 6.07) is 17.1. The van der Waals surface area contributed by atoms with E-state index in [2.05, 4.69) is 5.32 Å². The first-order valence-corrected chi connectivity index (χ1v) is 10.5. The molecule has 3 aromatic carbocycles. The lowest BCUT2D eigenvalue weighted by molar-refractivity contribution is -0.137. The Kier molecular flexibility index (Phi) is 7.42. The molecule has 0 unspecified atom stereocenters. The zero-order valence-corrected chi connectivity index (χ0v) is 18.7. The second kappa shape index (κ2) is 10.0. The summed E-state index contributed by atoms with van der Waals surface area (Å²) in [5.74, 6) is 0.339. The van der Waals surface area contributed by atoms with E-state index in [0.717, 1.165) is 17.7 Å². The van der Waals surface area contributed by atoms with Gasteiger partial charge in [-0.2, -0.15) is 13.2 Å². The summed E-state index contributed by atoms with van der Waals surface area (Å²) in [6.45, 7) is 2.52. The van der Waals surface area contributed by atoms with Crippen LogP contribution in [-0.2, 0) is 12.8 Å². The number of nitrogens with one attached hydrogen (secondary N) is 1. The van der Waals surface area contributed by atoms with Crippen molar-refractivity contribution in [1.82, 2.24) is 0 Å². The predicted octanol–water partition coefficient (Wildman–Crippen LogP) is 6.54. The SMILES string of the molecule is CCOc1c(I)cc(C(=O)Nc2cccc(C(F)(F)F)c2)cc1OCc1ccccc1. The highest BCUT2D eigenvalue weighted by molar-refractivity contribution is 14.1. The molecule has 162 valence electrons. The molecule has 0 saturated heterocycles. The zero-order valence-electron chi connectivity index (χ0n) is 16.5. The van der Waals surface area contributed by atoms with Gasteiger partial charge in [0, 0.05) is 11.3 Å². The van der Waals surface area contributed by atoms with Gasteiger partial charge in [0.25, 0.3) is 5.91 Å². The lowest BCUT2D eigenvalue weighted by atomic mass is 10.1. The highest BCUT2D eigenvalue weighted by atomic mass is 127. The number of halogens is 4. The summed E-state index contributed by atoms with van der Waals surface area (Å²) < 4.78 is 51.0. The molecule has 0 heterocycles. The number of hydrogen-bond acceptors (Lipinski definition) is 3. The van der Waals surface area contributed by atoms with Gasteiger partial charge in [-0.1, -0.05) is 36.4 Å². The van der Waals surface area contributed by atoms with E-state index < -0.39 is 17.6 Å². The highest BCUT2D eigenvalue weighted by Crippen LogP contribution is 2.35. The van der Waals surface area contributed by atoms with Gasteiger partial charge in [0.15, 0.2) is 11.5 Å². The minimum absolute atomic E-state index is 0.0514. The van der Waals surface area contributed by atoms with Crippen LogP contribution in [0.3, 0.4) is 0 Å². The Morgan fingerprint density at radius 1 is 1.00 bits per heavy atom. The van der Waals surface area contributed by atoms with Crippen molar-refractivity contribution in [2.45, 2.75) is 19.7 Å². The first-order valence-electron chi connectivity index (χ1n) is 9.39. The molecular weight excluding hydrogens is 522 g/mol. The average Bonchev–Trinajstić information content (AvgIpc) is 2.74. The van der Waals surface area contributed by atoms with Crippen molar-refractivity contribution in [2.75, 3.05) is 11.9 Å². The fourth-order valence-electron chi connectivity index (χ4n) is 2.80. The molecule has 3 rings (SSSR count). The van der Waals surface area contributed by atoms with Crippen molar-refractivity contribution >= 4 is 34.2 Å². The van der Waals surface area contributed by atoms with Crippen molar-refractivity contribution in [3.63, 3.8) is 0 Å². The van der Waals surface area contributed by atoms with E-state index in [1.54, 1.807) is 6.07 Å². The molecule has 1 N–H and O–H groups in total. The smallest absolute Gasteiger partial charge is 0.416 e. The average molecular weight is 541 g/mol. The summed E-state index contributed by atoms with van der Waals surface area (Å²) in [4.78, 5) is 12.7. The van der Waals surface area contributed by atoms with Gasteiger partial charge in [-0.15, -0.1) is 0 Å². The van der Waals surface area contributed by atoms with Crippen LogP contribution < -0.4 is 14.8 Å². The number of anilines is 1. The van der Waals surface area contributed by atoms with Crippen molar-refractivity contribution < 1.29 is 27.4 Å². The predicted molar refractivity (Wildman–Crippen MR) is 120 cm³/mol. The maximum atomic E-state index is 12.9. The number of carbonyl (C=O) groups is 1. The van der Waals surface area contributed by atoms with Crippen LogP contribution in [0, 0.1) is 3.57 Å². The number of rotatable bonds is 7. The van der Waals surface area contributed by atoms with E-state index in [4.69, 9.17) is 9.47 Å². The summed E-state index contributed by atoms with van der Waals surface area (Å²) >= 11 is 2.04. The van der Waals surface area contributed by atoms with Crippen LogP contribution in [0.5, 0.6) is 11.5 Å². The molecule has 0 saturated carbocycles. The Balaban J connectivity index is 1.85. The molecule has 0 aromatic heterocycles. The molecule has 31 heavy (non-hydrogen) atoms.